The Bertz CT molecular complexity index is 1060. The molecular formula is C19H17ClN6O4. The Hall–Kier alpha value is -3.53. The van der Waals surface area contributed by atoms with Crippen molar-refractivity contribution >= 4 is 46.7 Å². The number of anilines is 2. The zero-order valence-corrected chi connectivity index (χ0v) is 16.4. The molecule has 1 fully saturated rings. The van der Waals surface area contributed by atoms with Crippen LogP contribution in [0.5, 0.6) is 0 Å². The molecule has 10 nitrogen and oxygen atoms in total. The highest BCUT2D eigenvalue weighted by molar-refractivity contribution is 6.28. The van der Waals surface area contributed by atoms with Crippen molar-refractivity contribution in [1.29, 1.82) is 0 Å². The predicted octanol–water partition coefficient (Wildman–Crippen LogP) is 0.942. The number of aromatic nitrogens is 2. The molecule has 2 aliphatic heterocycles. The van der Waals surface area contributed by atoms with E-state index in [4.69, 9.17) is 11.6 Å². The Morgan fingerprint density at radius 2 is 2.10 bits per heavy atom. The van der Waals surface area contributed by atoms with Crippen molar-refractivity contribution in [3.05, 3.63) is 46.9 Å². The highest BCUT2D eigenvalue weighted by atomic mass is 35.5. The van der Waals surface area contributed by atoms with E-state index in [-0.39, 0.29) is 48.9 Å². The largest absolute Gasteiger partial charge is 0.361 e. The Balaban J connectivity index is 1.45. The van der Waals surface area contributed by atoms with Crippen molar-refractivity contribution in [2.75, 3.05) is 17.2 Å². The molecule has 1 atom stereocenters. The van der Waals surface area contributed by atoms with Crippen LogP contribution in [0.2, 0.25) is 5.28 Å². The molecule has 0 radical (unpaired) electrons. The number of nitrogens with zero attached hydrogens (tertiary/aromatic N) is 3. The van der Waals surface area contributed by atoms with E-state index in [1.54, 1.807) is 24.3 Å². The third-order valence-electron chi connectivity index (χ3n) is 4.91. The molecule has 1 aromatic carbocycles. The van der Waals surface area contributed by atoms with E-state index in [1.807, 2.05) is 0 Å². The Kier molecular flexibility index (Phi) is 5.32. The molecule has 0 saturated carbocycles. The molecule has 4 rings (SSSR count). The molecule has 0 aliphatic carbocycles. The fraction of sp³-hybridized carbons (Fsp3) is 0.263. The third kappa shape index (κ3) is 3.94. The molecule has 2 aliphatic rings. The van der Waals surface area contributed by atoms with Gasteiger partial charge in [0.05, 0.1) is 6.54 Å². The summed E-state index contributed by atoms with van der Waals surface area (Å²) in [6.45, 7) is 0.105. The smallest absolute Gasteiger partial charge is 0.255 e. The van der Waals surface area contributed by atoms with Crippen molar-refractivity contribution in [2.45, 2.75) is 25.4 Å². The van der Waals surface area contributed by atoms with Gasteiger partial charge in [0.15, 0.2) is 0 Å². The van der Waals surface area contributed by atoms with Gasteiger partial charge in [-0.05, 0) is 36.2 Å². The fourth-order valence-electron chi connectivity index (χ4n) is 3.50. The first-order valence-electron chi connectivity index (χ1n) is 9.21. The van der Waals surface area contributed by atoms with Crippen molar-refractivity contribution in [2.24, 2.45) is 0 Å². The van der Waals surface area contributed by atoms with Crippen LogP contribution in [-0.2, 0) is 20.9 Å². The predicted molar refractivity (Wildman–Crippen MR) is 107 cm³/mol. The van der Waals surface area contributed by atoms with Crippen molar-refractivity contribution < 1.29 is 19.2 Å². The SMILES string of the molecule is O=C1CCC(N2Cc3c(NC(=O)CNc4ccnc(Cl)n4)cccc3C2=O)C(=O)N1. The molecule has 0 spiro atoms. The van der Waals surface area contributed by atoms with E-state index in [1.165, 1.54) is 11.1 Å². The van der Waals surface area contributed by atoms with E-state index in [9.17, 15) is 19.2 Å². The lowest BCUT2D eigenvalue weighted by Crippen LogP contribution is -2.52. The van der Waals surface area contributed by atoms with Gasteiger partial charge in [0.1, 0.15) is 11.9 Å². The molecule has 4 amide bonds. The summed E-state index contributed by atoms with van der Waals surface area (Å²) in [4.78, 5) is 57.9. The lowest BCUT2D eigenvalue weighted by atomic mass is 10.0. The van der Waals surface area contributed by atoms with Gasteiger partial charge in [0, 0.05) is 36.0 Å². The quantitative estimate of drug-likeness (QED) is 0.476. The summed E-state index contributed by atoms with van der Waals surface area (Å²) in [5, 5.41) is 7.95. The number of hydrogen-bond donors (Lipinski definition) is 3. The van der Waals surface area contributed by atoms with Gasteiger partial charge in [-0.25, -0.2) is 9.97 Å². The van der Waals surface area contributed by atoms with Gasteiger partial charge in [-0.3, -0.25) is 24.5 Å². The topological polar surface area (TPSA) is 133 Å². The number of halogens is 1. The second kappa shape index (κ2) is 8.07. The monoisotopic (exact) mass is 428 g/mol. The molecule has 3 heterocycles. The highest BCUT2D eigenvalue weighted by Crippen LogP contribution is 2.32. The summed E-state index contributed by atoms with van der Waals surface area (Å²) in [6, 6.07) is 5.88. The number of imide groups is 1. The summed E-state index contributed by atoms with van der Waals surface area (Å²) in [6.07, 6.45) is 1.92. The molecule has 0 bridgehead atoms. The average Bonchev–Trinajstić information content (AvgIpc) is 3.04. The summed E-state index contributed by atoms with van der Waals surface area (Å²) in [7, 11) is 0. The van der Waals surface area contributed by atoms with Crippen LogP contribution in [0.4, 0.5) is 11.5 Å². The Morgan fingerprint density at radius 3 is 2.87 bits per heavy atom. The van der Waals surface area contributed by atoms with Crippen molar-refractivity contribution in [1.82, 2.24) is 20.2 Å². The standard InChI is InChI=1S/C19H17ClN6O4/c20-19-21-7-6-14(24-19)22-8-16(28)23-12-3-1-2-10-11(12)9-26(18(10)30)13-4-5-15(27)25-17(13)29/h1-3,6-7,13H,4-5,8-9H2,(H,23,28)(H,21,22,24)(H,25,27,29). The maximum Gasteiger partial charge on any atom is 0.255 e. The van der Waals surface area contributed by atoms with E-state index >= 15 is 0 Å². The van der Waals surface area contributed by atoms with Gasteiger partial charge in [0.2, 0.25) is 23.0 Å². The van der Waals surface area contributed by atoms with E-state index in [0.29, 0.717) is 22.6 Å². The highest BCUT2D eigenvalue weighted by Gasteiger charge is 2.39. The number of benzene rings is 1. The van der Waals surface area contributed by atoms with Crippen molar-refractivity contribution in [3.8, 4) is 0 Å². The maximum absolute atomic E-state index is 12.8. The summed E-state index contributed by atoms with van der Waals surface area (Å²) in [5.74, 6) is -1.06. The third-order valence-corrected chi connectivity index (χ3v) is 5.09. The van der Waals surface area contributed by atoms with Crippen LogP contribution in [0, 0.1) is 0 Å². The second-order valence-electron chi connectivity index (χ2n) is 6.84. The maximum atomic E-state index is 12.8. The molecule has 2 aromatic rings. The van der Waals surface area contributed by atoms with Crippen LogP contribution in [0.25, 0.3) is 0 Å². The number of nitrogens with one attached hydrogen (secondary N) is 3. The average molecular weight is 429 g/mol. The van der Waals surface area contributed by atoms with Gasteiger partial charge in [-0.1, -0.05) is 6.07 Å². The van der Waals surface area contributed by atoms with Crippen LogP contribution >= 0.6 is 11.6 Å². The van der Waals surface area contributed by atoms with Gasteiger partial charge >= 0.3 is 0 Å². The van der Waals surface area contributed by atoms with E-state index in [2.05, 4.69) is 25.9 Å². The minimum Gasteiger partial charge on any atom is -0.361 e. The fourth-order valence-corrected chi connectivity index (χ4v) is 3.65. The summed E-state index contributed by atoms with van der Waals surface area (Å²) < 4.78 is 0. The number of amides is 4. The number of fused-ring (bicyclic) bond motifs is 1. The second-order valence-corrected chi connectivity index (χ2v) is 7.18. The first-order chi connectivity index (χ1) is 14.4. The first-order valence-corrected chi connectivity index (χ1v) is 9.59. The van der Waals surface area contributed by atoms with E-state index < -0.39 is 11.9 Å². The lowest BCUT2D eigenvalue weighted by Gasteiger charge is -2.29. The summed E-state index contributed by atoms with van der Waals surface area (Å²) >= 11 is 5.72. The molecular weight excluding hydrogens is 412 g/mol. The van der Waals surface area contributed by atoms with Crippen LogP contribution in [-0.4, -0.2) is 51.1 Å². The van der Waals surface area contributed by atoms with Gasteiger partial charge in [0.25, 0.3) is 5.91 Å². The molecule has 1 aromatic heterocycles. The van der Waals surface area contributed by atoms with Crippen LogP contribution in [0.1, 0.15) is 28.8 Å². The number of piperidine rings is 1. The minimum atomic E-state index is -0.713. The molecule has 1 unspecified atom stereocenters. The number of carbonyl (C=O) groups excluding carboxylic acids is 4. The Labute approximate surface area is 176 Å². The zero-order valence-electron chi connectivity index (χ0n) is 15.6. The Morgan fingerprint density at radius 1 is 1.27 bits per heavy atom. The number of carbonyl (C=O) groups is 4. The normalized spacial score (nSPS) is 18.1. The molecule has 3 N–H and O–H groups in total. The summed E-state index contributed by atoms with van der Waals surface area (Å²) in [5.41, 5.74) is 1.54. The molecule has 154 valence electrons. The van der Waals surface area contributed by atoms with Crippen LogP contribution < -0.4 is 16.0 Å². The van der Waals surface area contributed by atoms with Crippen molar-refractivity contribution in [3.63, 3.8) is 0 Å². The first kappa shape index (κ1) is 19.8. The molecule has 1 saturated heterocycles. The molecule has 11 heteroatoms. The van der Waals surface area contributed by atoms with Gasteiger partial charge in [-0.15, -0.1) is 0 Å². The van der Waals surface area contributed by atoms with Crippen LogP contribution in [0.15, 0.2) is 30.5 Å². The van der Waals surface area contributed by atoms with E-state index in [0.717, 1.165) is 0 Å². The lowest BCUT2D eigenvalue weighted by molar-refractivity contribution is -0.137. The number of rotatable bonds is 5. The number of hydrogen-bond acceptors (Lipinski definition) is 7. The zero-order chi connectivity index (χ0) is 21.3. The molecule has 30 heavy (non-hydrogen) atoms. The van der Waals surface area contributed by atoms with Gasteiger partial charge < -0.3 is 15.5 Å². The minimum absolute atomic E-state index is 0.0633. The van der Waals surface area contributed by atoms with Crippen LogP contribution in [0.3, 0.4) is 0 Å². The van der Waals surface area contributed by atoms with Gasteiger partial charge in [-0.2, -0.15) is 0 Å².